The molecule has 1 heterocycles. The first-order valence-electron chi connectivity index (χ1n) is 4.87. The Bertz CT molecular complexity index is 457. The third kappa shape index (κ3) is 1.65. The van der Waals surface area contributed by atoms with Crippen molar-refractivity contribution in [2.75, 3.05) is 14.2 Å². The van der Waals surface area contributed by atoms with Gasteiger partial charge in [0.15, 0.2) is 0 Å². The molecule has 16 heavy (non-hydrogen) atoms. The van der Waals surface area contributed by atoms with E-state index in [2.05, 4.69) is 5.32 Å². The van der Waals surface area contributed by atoms with Crippen LogP contribution in [0, 0.1) is 0 Å². The Hall–Kier alpha value is -1.88. The SMILES string of the molecule is CON(C)C(=O)c1ccc2c(c1)CNC2=O. The minimum absolute atomic E-state index is 0.0888. The van der Waals surface area contributed by atoms with Gasteiger partial charge in [-0.15, -0.1) is 0 Å². The van der Waals surface area contributed by atoms with Crippen LogP contribution in [0.5, 0.6) is 0 Å². The van der Waals surface area contributed by atoms with Crippen LogP contribution in [0.4, 0.5) is 0 Å². The van der Waals surface area contributed by atoms with E-state index in [9.17, 15) is 9.59 Å². The fourth-order valence-electron chi connectivity index (χ4n) is 1.63. The molecule has 0 aromatic heterocycles. The summed E-state index contributed by atoms with van der Waals surface area (Å²) < 4.78 is 0. The summed E-state index contributed by atoms with van der Waals surface area (Å²) in [7, 11) is 2.97. The number of rotatable bonds is 2. The van der Waals surface area contributed by atoms with E-state index < -0.39 is 0 Å². The highest BCUT2D eigenvalue weighted by Gasteiger charge is 2.21. The molecule has 0 aliphatic carbocycles. The maximum absolute atomic E-state index is 11.8. The summed E-state index contributed by atoms with van der Waals surface area (Å²) >= 11 is 0. The van der Waals surface area contributed by atoms with Crippen molar-refractivity contribution in [1.29, 1.82) is 0 Å². The molecule has 1 N–H and O–H groups in total. The van der Waals surface area contributed by atoms with Crippen molar-refractivity contribution in [2.24, 2.45) is 0 Å². The Morgan fingerprint density at radius 1 is 1.50 bits per heavy atom. The standard InChI is InChI=1S/C11H12N2O3/c1-13(16-2)11(15)7-3-4-9-8(5-7)6-12-10(9)14/h3-5H,6H2,1-2H3,(H,12,14). The van der Waals surface area contributed by atoms with Gasteiger partial charge in [-0.25, -0.2) is 5.06 Å². The van der Waals surface area contributed by atoms with Gasteiger partial charge in [0, 0.05) is 24.7 Å². The number of carbonyl (C=O) groups is 2. The second-order valence-corrected chi connectivity index (χ2v) is 3.54. The maximum atomic E-state index is 11.8. The highest BCUT2D eigenvalue weighted by molar-refractivity contribution is 6.00. The molecule has 84 valence electrons. The molecule has 5 heteroatoms. The molecular formula is C11H12N2O3. The molecule has 0 radical (unpaired) electrons. The lowest BCUT2D eigenvalue weighted by molar-refractivity contribution is -0.0757. The van der Waals surface area contributed by atoms with Gasteiger partial charge in [0.1, 0.15) is 0 Å². The van der Waals surface area contributed by atoms with E-state index in [1.54, 1.807) is 25.2 Å². The van der Waals surface area contributed by atoms with Crippen molar-refractivity contribution >= 4 is 11.8 Å². The van der Waals surface area contributed by atoms with E-state index in [-0.39, 0.29) is 11.8 Å². The van der Waals surface area contributed by atoms with E-state index in [1.165, 1.54) is 7.11 Å². The van der Waals surface area contributed by atoms with Crippen LogP contribution in [0.3, 0.4) is 0 Å². The first-order valence-corrected chi connectivity index (χ1v) is 4.87. The highest BCUT2D eigenvalue weighted by Crippen LogP contribution is 2.17. The molecule has 0 unspecified atom stereocenters. The second kappa shape index (κ2) is 3.94. The number of hydrogen-bond donors (Lipinski definition) is 1. The normalized spacial score (nSPS) is 13.2. The Balaban J connectivity index is 2.32. The summed E-state index contributed by atoms with van der Waals surface area (Å²) in [5, 5.41) is 3.84. The highest BCUT2D eigenvalue weighted by atomic mass is 16.7. The Kier molecular flexibility index (Phi) is 2.62. The van der Waals surface area contributed by atoms with Gasteiger partial charge in [0.25, 0.3) is 11.8 Å². The van der Waals surface area contributed by atoms with Crippen molar-refractivity contribution in [1.82, 2.24) is 10.4 Å². The van der Waals surface area contributed by atoms with Crippen LogP contribution in [-0.4, -0.2) is 31.0 Å². The quantitative estimate of drug-likeness (QED) is 0.741. The van der Waals surface area contributed by atoms with Crippen LogP contribution in [0.2, 0.25) is 0 Å². The van der Waals surface area contributed by atoms with Crippen molar-refractivity contribution in [3.63, 3.8) is 0 Å². The van der Waals surface area contributed by atoms with Crippen molar-refractivity contribution in [3.8, 4) is 0 Å². The number of fused-ring (bicyclic) bond motifs is 1. The molecule has 5 nitrogen and oxygen atoms in total. The Labute approximate surface area is 93.0 Å². The number of nitrogens with one attached hydrogen (secondary N) is 1. The van der Waals surface area contributed by atoms with Gasteiger partial charge in [-0.3, -0.25) is 14.4 Å². The molecule has 0 saturated carbocycles. The summed E-state index contributed by atoms with van der Waals surface area (Å²) in [6, 6.07) is 5.00. The largest absolute Gasteiger partial charge is 0.348 e. The molecule has 2 rings (SSSR count). The van der Waals surface area contributed by atoms with Crippen LogP contribution in [0.1, 0.15) is 26.3 Å². The minimum Gasteiger partial charge on any atom is -0.348 e. The fraction of sp³-hybridized carbons (Fsp3) is 0.273. The molecule has 1 aromatic rings. The number of amides is 2. The monoisotopic (exact) mass is 220 g/mol. The molecule has 0 atom stereocenters. The van der Waals surface area contributed by atoms with Gasteiger partial charge in [0.05, 0.1) is 7.11 Å². The summed E-state index contributed by atoms with van der Waals surface area (Å²) in [5.41, 5.74) is 2.00. The van der Waals surface area contributed by atoms with Crippen molar-refractivity contribution < 1.29 is 14.4 Å². The molecule has 1 aromatic carbocycles. The van der Waals surface area contributed by atoms with Gasteiger partial charge in [-0.1, -0.05) is 0 Å². The van der Waals surface area contributed by atoms with Gasteiger partial charge in [-0.05, 0) is 23.8 Å². The number of hydroxylamine groups is 2. The zero-order chi connectivity index (χ0) is 11.7. The first kappa shape index (κ1) is 10.6. The third-order valence-electron chi connectivity index (χ3n) is 2.60. The summed E-state index contributed by atoms with van der Waals surface area (Å²) in [5.74, 6) is -0.321. The molecule has 1 aliphatic heterocycles. The number of carbonyl (C=O) groups excluding carboxylic acids is 2. The molecule has 1 aliphatic rings. The average molecular weight is 220 g/mol. The lowest BCUT2D eigenvalue weighted by Gasteiger charge is -2.13. The zero-order valence-electron chi connectivity index (χ0n) is 9.11. The van der Waals surface area contributed by atoms with E-state index >= 15 is 0 Å². The van der Waals surface area contributed by atoms with Crippen LogP contribution in [-0.2, 0) is 11.4 Å². The Morgan fingerprint density at radius 3 is 2.94 bits per heavy atom. The van der Waals surface area contributed by atoms with E-state index in [0.29, 0.717) is 17.7 Å². The smallest absolute Gasteiger partial charge is 0.277 e. The molecule has 0 spiro atoms. The first-order chi connectivity index (χ1) is 7.63. The fourth-order valence-corrected chi connectivity index (χ4v) is 1.63. The predicted molar refractivity (Wildman–Crippen MR) is 56.7 cm³/mol. The number of hydrogen-bond acceptors (Lipinski definition) is 3. The van der Waals surface area contributed by atoms with Crippen LogP contribution < -0.4 is 5.32 Å². The molecule has 0 fully saturated rings. The van der Waals surface area contributed by atoms with E-state index in [4.69, 9.17) is 4.84 Å². The topological polar surface area (TPSA) is 58.6 Å². The summed E-state index contributed by atoms with van der Waals surface area (Å²) in [6.45, 7) is 0.478. The predicted octanol–water partition coefficient (Wildman–Crippen LogP) is 0.563. The molecule has 0 bridgehead atoms. The third-order valence-corrected chi connectivity index (χ3v) is 2.60. The van der Waals surface area contributed by atoms with Gasteiger partial charge in [-0.2, -0.15) is 0 Å². The van der Waals surface area contributed by atoms with E-state index in [1.807, 2.05) is 0 Å². The van der Waals surface area contributed by atoms with Crippen LogP contribution >= 0.6 is 0 Å². The average Bonchev–Trinajstić information content (AvgIpc) is 2.68. The van der Waals surface area contributed by atoms with Gasteiger partial charge >= 0.3 is 0 Å². The molecule has 0 saturated heterocycles. The van der Waals surface area contributed by atoms with E-state index in [0.717, 1.165) is 10.6 Å². The number of benzene rings is 1. The van der Waals surface area contributed by atoms with Gasteiger partial charge < -0.3 is 5.32 Å². The Morgan fingerprint density at radius 2 is 2.25 bits per heavy atom. The maximum Gasteiger partial charge on any atom is 0.277 e. The minimum atomic E-state index is -0.232. The lowest BCUT2D eigenvalue weighted by atomic mass is 10.1. The molecule has 2 amide bonds. The van der Waals surface area contributed by atoms with Crippen molar-refractivity contribution in [2.45, 2.75) is 6.54 Å². The van der Waals surface area contributed by atoms with Crippen LogP contribution in [0.15, 0.2) is 18.2 Å². The summed E-state index contributed by atoms with van der Waals surface area (Å²) in [6.07, 6.45) is 0. The van der Waals surface area contributed by atoms with Gasteiger partial charge in [0.2, 0.25) is 0 Å². The second-order valence-electron chi connectivity index (χ2n) is 3.54. The number of nitrogens with zero attached hydrogens (tertiary/aromatic N) is 1. The summed E-state index contributed by atoms with van der Waals surface area (Å²) in [4.78, 5) is 27.9. The van der Waals surface area contributed by atoms with Crippen molar-refractivity contribution in [3.05, 3.63) is 34.9 Å². The molecular weight excluding hydrogens is 208 g/mol. The van der Waals surface area contributed by atoms with Crippen LogP contribution in [0.25, 0.3) is 0 Å². The zero-order valence-corrected chi connectivity index (χ0v) is 9.11. The lowest BCUT2D eigenvalue weighted by Crippen LogP contribution is -2.25.